The van der Waals surface area contributed by atoms with E-state index in [-0.39, 0.29) is 5.91 Å². The summed E-state index contributed by atoms with van der Waals surface area (Å²) < 4.78 is 0. The molecule has 0 aliphatic rings. The van der Waals surface area contributed by atoms with Crippen molar-refractivity contribution < 1.29 is 4.79 Å². The van der Waals surface area contributed by atoms with Crippen molar-refractivity contribution in [3.63, 3.8) is 0 Å². The zero-order valence-corrected chi connectivity index (χ0v) is 14.3. The molecule has 0 unspecified atom stereocenters. The standard InChI is InChI=1S/C19H19N3OS/c1-20-19-22-17(13-24-19)10-11-21-18(23)16-9-5-8-15(12-16)14-6-3-2-4-7-14/h2-9,12-13H,10-11H2,1H3,(H,20,22)(H,21,23). The molecule has 0 aliphatic heterocycles. The van der Waals surface area contributed by atoms with E-state index in [9.17, 15) is 4.79 Å². The Labute approximate surface area is 145 Å². The monoisotopic (exact) mass is 337 g/mol. The maximum Gasteiger partial charge on any atom is 0.251 e. The van der Waals surface area contributed by atoms with Crippen LogP contribution in [0.25, 0.3) is 11.1 Å². The summed E-state index contributed by atoms with van der Waals surface area (Å²) in [6.07, 6.45) is 0.724. The predicted molar refractivity (Wildman–Crippen MR) is 99.6 cm³/mol. The zero-order chi connectivity index (χ0) is 16.8. The van der Waals surface area contributed by atoms with Gasteiger partial charge in [-0.25, -0.2) is 4.98 Å². The fraction of sp³-hybridized carbons (Fsp3) is 0.158. The quantitative estimate of drug-likeness (QED) is 0.719. The highest BCUT2D eigenvalue weighted by atomic mass is 32.1. The molecule has 3 aromatic rings. The van der Waals surface area contributed by atoms with Crippen LogP contribution < -0.4 is 10.6 Å². The Hall–Kier alpha value is -2.66. The van der Waals surface area contributed by atoms with E-state index in [0.717, 1.165) is 28.4 Å². The highest BCUT2D eigenvalue weighted by Crippen LogP contribution is 2.20. The topological polar surface area (TPSA) is 54.0 Å². The van der Waals surface area contributed by atoms with E-state index in [1.807, 2.05) is 67.0 Å². The van der Waals surface area contributed by atoms with Crippen molar-refractivity contribution in [3.05, 3.63) is 71.2 Å². The molecule has 0 saturated carbocycles. The number of nitrogens with zero attached hydrogens (tertiary/aromatic N) is 1. The van der Waals surface area contributed by atoms with E-state index < -0.39 is 0 Å². The van der Waals surface area contributed by atoms with Gasteiger partial charge in [0.2, 0.25) is 0 Å². The molecular formula is C19H19N3OS. The molecule has 0 radical (unpaired) electrons. The number of thiazole rings is 1. The lowest BCUT2D eigenvalue weighted by Gasteiger charge is -2.07. The van der Waals surface area contributed by atoms with Crippen molar-refractivity contribution in [1.29, 1.82) is 0 Å². The first kappa shape index (κ1) is 16.2. The Kier molecular flexibility index (Phi) is 5.23. The number of hydrogen-bond donors (Lipinski definition) is 2. The minimum absolute atomic E-state index is 0.0585. The Balaban J connectivity index is 1.61. The van der Waals surface area contributed by atoms with Gasteiger partial charge in [0.1, 0.15) is 0 Å². The van der Waals surface area contributed by atoms with E-state index in [0.29, 0.717) is 12.1 Å². The molecule has 24 heavy (non-hydrogen) atoms. The summed E-state index contributed by atoms with van der Waals surface area (Å²) >= 11 is 1.57. The second-order valence-electron chi connectivity index (χ2n) is 5.35. The molecule has 122 valence electrons. The van der Waals surface area contributed by atoms with Crippen LogP contribution in [0.3, 0.4) is 0 Å². The lowest BCUT2D eigenvalue weighted by molar-refractivity contribution is 0.0954. The van der Waals surface area contributed by atoms with Gasteiger partial charge in [-0.2, -0.15) is 0 Å². The van der Waals surface area contributed by atoms with Crippen LogP contribution in [-0.4, -0.2) is 24.5 Å². The molecule has 1 heterocycles. The lowest BCUT2D eigenvalue weighted by Crippen LogP contribution is -2.25. The van der Waals surface area contributed by atoms with E-state index in [4.69, 9.17) is 0 Å². The van der Waals surface area contributed by atoms with E-state index in [1.54, 1.807) is 11.3 Å². The third kappa shape index (κ3) is 4.00. The molecule has 0 saturated heterocycles. The first-order valence-electron chi connectivity index (χ1n) is 7.82. The van der Waals surface area contributed by atoms with Crippen LogP contribution in [0, 0.1) is 0 Å². The molecule has 0 atom stereocenters. The van der Waals surface area contributed by atoms with Crippen molar-refractivity contribution in [1.82, 2.24) is 10.3 Å². The Bertz CT molecular complexity index is 814. The summed E-state index contributed by atoms with van der Waals surface area (Å²) in [6, 6.07) is 17.7. The summed E-state index contributed by atoms with van der Waals surface area (Å²) in [5.41, 5.74) is 3.81. The van der Waals surface area contributed by atoms with E-state index in [1.165, 1.54) is 0 Å². The van der Waals surface area contributed by atoms with Gasteiger partial charge < -0.3 is 10.6 Å². The van der Waals surface area contributed by atoms with E-state index in [2.05, 4.69) is 15.6 Å². The smallest absolute Gasteiger partial charge is 0.251 e. The SMILES string of the molecule is CNc1nc(CCNC(=O)c2cccc(-c3ccccc3)c2)cs1. The van der Waals surface area contributed by atoms with Gasteiger partial charge in [-0.05, 0) is 23.3 Å². The third-order valence-corrected chi connectivity index (χ3v) is 4.57. The van der Waals surface area contributed by atoms with Crippen molar-refractivity contribution in [2.75, 3.05) is 18.9 Å². The summed E-state index contributed by atoms with van der Waals surface area (Å²) in [5, 5.41) is 8.88. The minimum atomic E-state index is -0.0585. The average Bonchev–Trinajstić information content (AvgIpc) is 3.10. The molecule has 1 aromatic heterocycles. The molecule has 5 heteroatoms. The fourth-order valence-corrected chi connectivity index (χ4v) is 3.12. The maximum absolute atomic E-state index is 12.3. The summed E-state index contributed by atoms with van der Waals surface area (Å²) in [7, 11) is 1.85. The Morgan fingerprint density at radius 2 is 1.88 bits per heavy atom. The van der Waals surface area contributed by atoms with Crippen LogP contribution in [0.4, 0.5) is 5.13 Å². The molecule has 3 rings (SSSR count). The number of anilines is 1. The summed E-state index contributed by atoms with van der Waals surface area (Å²) in [5.74, 6) is -0.0585. The molecule has 0 bridgehead atoms. The molecule has 1 amide bonds. The number of rotatable bonds is 6. The van der Waals surface area contributed by atoms with Crippen molar-refractivity contribution >= 4 is 22.4 Å². The Morgan fingerprint density at radius 3 is 2.62 bits per heavy atom. The van der Waals surface area contributed by atoms with Gasteiger partial charge >= 0.3 is 0 Å². The predicted octanol–water partition coefficient (Wildman–Crippen LogP) is 3.82. The first-order valence-corrected chi connectivity index (χ1v) is 8.70. The molecule has 4 nitrogen and oxygen atoms in total. The normalized spacial score (nSPS) is 10.4. The number of carbonyl (C=O) groups is 1. The molecule has 0 aliphatic carbocycles. The summed E-state index contributed by atoms with van der Waals surface area (Å²) in [6.45, 7) is 0.571. The zero-order valence-electron chi connectivity index (χ0n) is 13.5. The number of carbonyl (C=O) groups excluding carboxylic acids is 1. The fourth-order valence-electron chi connectivity index (χ4n) is 2.41. The van der Waals surface area contributed by atoms with Crippen LogP contribution in [0.5, 0.6) is 0 Å². The van der Waals surface area contributed by atoms with Crippen molar-refractivity contribution in [2.24, 2.45) is 0 Å². The maximum atomic E-state index is 12.3. The highest BCUT2D eigenvalue weighted by molar-refractivity contribution is 7.13. The molecule has 2 aromatic carbocycles. The van der Waals surface area contributed by atoms with Crippen LogP contribution in [0.1, 0.15) is 16.1 Å². The first-order chi connectivity index (χ1) is 11.8. The van der Waals surface area contributed by atoms with E-state index >= 15 is 0 Å². The van der Waals surface area contributed by atoms with Gasteiger partial charge in [0, 0.05) is 31.0 Å². The third-order valence-electron chi connectivity index (χ3n) is 3.66. The number of hydrogen-bond acceptors (Lipinski definition) is 4. The number of aromatic nitrogens is 1. The number of nitrogens with one attached hydrogen (secondary N) is 2. The minimum Gasteiger partial charge on any atom is -0.365 e. The Morgan fingerprint density at radius 1 is 1.08 bits per heavy atom. The van der Waals surface area contributed by atoms with Gasteiger partial charge in [0.25, 0.3) is 5.91 Å². The number of amides is 1. The molecular weight excluding hydrogens is 318 g/mol. The van der Waals surface area contributed by atoms with Crippen LogP contribution in [0.2, 0.25) is 0 Å². The van der Waals surface area contributed by atoms with Crippen LogP contribution in [-0.2, 0) is 6.42 Å². The second kappa shape index (κ2) is 7.75. The average molecular weight is 337 g/mol. The van der Waals surface area contributed by atoms with Gasteiger partial charge in [0.05, 0.1) is 5.69 Å². The van der Waals surface area contributed by atoms with Crippen molar-refractivity contribution in [3.8, 4) is 11.1 Å². The molecule has 0 spiro atoms. The van der Waals surface area contributed by atoms with Gasteiger partial charge in [-0.1, -0.05) is 42.5 Å². The second-order valence-corrected chi connectivity index (χ2v) is 6.20. The largest absolute Gasteiger partial charge is 0.365 e. The van der Waals surface area contributed by atoms with Crippen LogP contribution >= 0.6 is 11.3 Å². The van der Waals surface area contributed by atoms with Gasteiger partial charge in [-0.3, -0.25) is 4.79 Å². The van der Waals surface area contributed by atoms with Gasteiger partial charge in [0.15, 0.2) is 5.13 Å². The summed E-state index contributed by atoms with van der Waals surface area (Å²) in [4.78, 5) is 16.7. The highest BCUT2D eigenvalue weighted by Gasteiger charge is 2.07. The van der Waals surface area contributed by atoms with Gasteiger partial charge in [-0.15, -0.1) is 11.3 Å². The van der Waals surface area contributed by atoms with Crippen molar-refractivity contribution in [2.45, 2.75) is 6.42 Å². The molecule has 2 N–H and O–H groups in total. The molecule has 0 fully saturated rings. The van der Waals surface area contributed by atoms with Crippen LogP contribution in [0.15, 0.2) is 60.0 Å². The number of benzene rings is 2. The lowest BCUT2D eigenvalue weighted by atomic mass is 10.0.